The van der Waals surface area contributed by atoms with Gasteiger partial charge in [0.1, 0.15) is 17.6 Å². The molecule has 0 saturated carbocycles. The van der Waals surface area contributed by atoms with Crippen molar-refractivity contribution >= 4 is 23.8 Å². The number of carbonyl (C=O) groups is 1. The number of anilines is 1. The molecule has 1 aliphatic rings. The van der Waals surface area contributed by atoms with Crippen LogP contribution in [0, 0.1) is 0 Å². The second kappa shape index (κ2) is 8.41. The van der Waals surface area contributed by atoms with Gasteiger partial charge in [-0.3, -0.25) is 4.79 Å². The van der Waals surface area contributed by atoms with Gasteiger partial charge in [0.15, 0.2) is 0 Å². The van der Waals surface area contributed by atoms with Gasteiger partial charge in [0.05, 0.1) is 19.3 Å². The molecular weight excluding hydrogens is 404 g/mol. The Morgan fingerprint density at radius 3 is 2.83 bits per heavy atom. The molecule has 1 unspecified atom stereocenters. The number of nitrogens with two attached hydrogens (primary N) is 1. The molecule has 0 bridgehead atoms. The number of amides is 1. The Kier molecular flexibility index (Phi) is 5.69. The van der Waals surface area contributed by atoms with Crippen LogP contribution in [0.4, 0.5) is 5.82 Å². The highest BCUT2D eigenvalue weighted by Gasteiger charge is 2.23. The maximum absolute atomic E-state index is 11.1. The zero-order chi connectivity index (χ0) is 21.3. The van der Waals surface area contributed by atoms with Gasteiger partial charge in [-0.2, -0.15) is 0 Å². The van der Waals surface area contributed by atoms with E-state index in [1.807, 2.05) is 44.3 Å². The van der Waals surface area contributed by atoms with Gasteiger partial charge in [0.2, 0.25) is 6.41 Å². The molecule has 2 N–H and O–H groups in total. The topological polar surface area (TPSA) is 99.2 Å². The van der Waals surface area contributed by atoms with Crippen LogP contribution in [0.1, 0.15) is 31.6 Å². The first-order valence-corrected chi connectivity index (χ1v) is 10.1. The molecular formula is C21H23ClN6O2. The maximum atomic E-state index is 11.1. The number of nitrogens with zero attached hydrogens (tertiary/aromatic N) is 5. The van der Waals surface area contributed by atoms with Crippen LogP contribution in [-0.2, 0) is 9.53 Å². The van der Waals surface area contributed by atoms with E-state index in [0.29, 0.717) is 36.2 Å². The normalized spacial score (nSPS) is 16.8. The molecule has 1 saturated heterocycles. The number of morpholine rings is 1. The van der Waals surface area contributed by atoms with Crippen LogP contribution in [0.5, 0.6) is 0 Å². The summed E-state index contributed by atoms with van der Waals surface area (Å²) < 4.78 is 7.58. The van der Waals surface area contributed by atoms with Crippen LogP contribution in [0.2, 0.25) is 5.02 Å². The van der Waals surface area contributed by atoms with Gasteiger partial charge in [-0.05, 0) is 31.5 Å². The predicted octanol–water partition coefficient (Wildman–Crippen LogP) is 3.35. The number of hydrogen-bond acceptors (Lipinski definition) is 6. The van der Waals surface area contributed by atoms with Crippen LogP contribution < -0.4 is 5.73 Å². The number of pyridine rings is 1. The molecule has 3 heterocycles. The zero-order valence-corrected chi connectivity index (χ0v) is 17.6. The smallest absolute Gasteiger partial charge is 0.209 e. The lowest BCUT2D eigenvalue weighted by atomic mass is 10.0. The fourth-order valence-corrected chi connectivity index (χ4v) is 3.71. The fraction of sp³-hybridized carbons (Fsp3) is 0.333. The predicted molar refractivity (Wildman–Crippen MR) is 115 cm³/mol. The first kappa shape index (κ1) is 20.3. The van der Waals surface area contributed by atoms with Gasteiger partial charge >= 0.3 is 0 Å². The molecule has 0 aliphatic carbocycles. The van der Waals surface area contributed by atoms with Crippen molar-refractivity contribution in [2.24, 2.45) is 0 Å². The average molecular weight is 427 g/mol. The van der Waals surface area contributed by atoms with E-state index in [1.165, 1.54) is 0 Å². The van der Waals surface area contributed by atoms with E-state index in [0.717, 1.165) is 28.7 Å². The highest BCUT2D eigenvalue weighted by Crippen LogP contribution is 2.34. The Labute approximate surface area is 179 Å². The van der Waals surface area contributed by atoms with Crippen LogP contribution in [-0.4, -0.2) is 51.0 Å². The van der Waals surface area contributed by atoms with Crippen molar-refractivity contribution in [2.75, 3.05) is 25.4 Å². The number of benzene rings is 1. The van der Waals surface area contributed by atoms with Crippen molar-refractivity contribution in [1.29, 1.82) is 0 Å². The van der Waals surface area contributed by atoms with Gasteiger partial charge in [-0.15, -0.1) is 5.10 Å². The quantitative estimate of drug-likeness (QED) is 0.628. The zero-order valence-electron chi connectivity index (χ0n) is 16.8. The summed E-state index contributed by atoms with van der Waals surface area (Å²) >= 11 is 6.57. The molecule has 156 valence electrons. The van der Waals surface area contributed by atoms with Crippen LogP contribution in [0.15, 0.2) is 36.7 Å². The lowest BCUT2D eigenvalue weighted by Crippen LogP contribution is -2.37. The number of ether oxygens (including phenoxy) is 1. The molecule has 1 amide bonds. The monoisotopic (exact) mass is 426 g/mol. The van der Waals surface area contributed by atoms with Crippen LogP contribution >= 0.6 is 11.6 Å². The second-order valence-corrected chi connectivity index (χ2v) is 7.94. The third-order valence-corrected chi connectivity index (χ3v) is 5.49. The van der Waals surface area contributed by atoms with Gasteiger partial charge in [0, 0.05) is 40.5 Å². The van der Waals surface area contributed by atoms with Crippen molar-refractivity contribution in [1.82, 2.24) is 24.9 Å². The lowest BCUT2D eigenvalue weighted by molar-refractivity contribution is -0.125. The maximum Gasteiger partial charge on any atom is 0.209 e. The van der Waals surface area contributed by atoms with Gasteiger partial charge in [-0.25, -0.2) is 9.67 Å². The van der Waals surface area contributed by atoms with Crippen molar-refractivity contribution in [2.45, 2.75) is 26.0 Å². The third kappa shape index (κ3) is 4.01. The number of rotatable bonds is 5. The average Bonchev–Trinajstić information content (AvgIpc) is 3.24. The lowest BCUT2D eigenvalue weighted by Gasteiger charge is -2.31. The minimum atomic E-state index is -0.239. The number of aromatic nitrogens is 4. The largest absolute Gasteiger partial charge is 0.383 e. The van der Waals surface area contributed by atoms with Gasteiger partial charge in [-0.1, -0.05) is 28.9 Å². The van der Waals surface area contributed by atoms with Crippen LogP contribution in [0.3, 0.4) is 0 Å². The van der Waals surface area contributed by atoms with E-state index in [1.54, 1.807) is 15.8 Å². The molecule has 3 aromatic rings. The fourth-order valence-electron chi connectivity index (χ4n) is 3.41. The Morgan fingerprint density at radius 1 is 1.30 bits per heavy atom. The standard InChI is InChI=1S/C21H23ClN6O2/c1-13(2)28-10-19(25-26-28)17-7-15(9-24-21(17)23)14-3-4-16(18(22)8-14)20-11-27(12-29)5-6-30-20/h3-4,7-10,12-13,20H,5-6,11H2,1-2H3,(H2,23,24). The minimum absolute atomic E-state index is 0.201. The molecule has 0 radical (unpaired) electrons. The number of nitrogen functional groups attached to an aromatic ring is 1. The van der Waals surface area contributed by atoms with Crippen LogP contribution in [0.25, 0.3) is 22.4 Å². The third-order valence-electron chi connectivity index (χ3n) is 5.16. The Bertz CT molecular complexity index is 1070. The highest BCUT2D eigenvalue weighted by molar-refractivity contribution is 6.31. The molecule has 8 nitrogen and oxygen atoms in total. The van der Waals surface area contributed by atoms with E-state index < -0.39 is 0 Å². The van der Waals surface area contributed by atoms with Gasteiger partial charge in [0.25, 0.3) is 0 Å². The summed E-state index contributed by atoms with van der Waals surface area (Å²) in [4.78, 5) is 17.1. The van der Waals surface area contributed by atoms with Crippen molar-refractivity contribution in [3.8, 4) is 22.4 Å². The molecule has 1 aliphatic heterocycles. The molecule has 0 spiro atoms. The molecule has 30 heavy (non-hydrogen) atoms. The minimum Gasteiger partial charge on any atom is -0.383 e. The molecule has 1 fully saturated rings. The summed E-state index contributed by atoms with van der Waals surface area (Å²) in [5, 5.41) is 8.95. The number of halogens is 1. The second-order valence-electron chi connectivity index (χ2n) is 7.53. The highest BCUT2D eigenvalue weighted by atomic mass is 35.5. The van der Waals surface area contributed by atoms with Gasteiger partial charge < -0.3 is 15.4 Å². The summed E-state index contributed by atoms with van der Waals surface area (Å²) in [5.41, 5.74) is 10.1. The van der Waals surface area contributed by atoms with Crippen molar-refractivity contribution < 1.29 is 9.53 Å². The summed E-state index contributed by atoms with van der Waals surface area (Å²) in [6, 6.07) is 7.91. The number of carbonyl (C=O) groups excluding carboxylic acids is 1. The Hall–Kier alpha value is -2.97. The Morgan fingerprint density at radius 2 is 2.13 bits per heavy atom. The SMILES string of the molecule is CC(C)n1cc(-c2cc(-c3ccc(C4CN(C=O)CCO4)c(Cl)c3)cnc2N)nn1. The van der Waals surface area contributed by atoms with E-state index in [4.69, 9.17) is 22.1 Å². The molecule has 9 heteroatoms. The van der Waals surface area contributed by atoms with E-state index in [-0.39, 0.29) is 12.1 Å². The molecule has 1 aromatic carbocycles. The van der Waals surface area contributed by atoms with E-state index in [9.17, 15) is 4.79 Å². The van der Waals surface area contributed by atoms with E-state index >= 15 is 0 Å². The molecule has 2 aromatic heterocycles. The number of hydrogen-bond donors (Lipinski definition) is 1. The summed E-state index contributed by atoms with van der Waals surface area (Å²) in [5.74, 6) is 0.391. The molecule has 1 atom stereocenters. The Balaban J connectivity index is 1.64. The first-order valence-electron chi connectivity index (χ1n) is 9.74. The first-order chi connectivity index (χ1) is 14.5. The summed E-state index contributed by atoms with van der Waals surface area (Å²) in [6.45, 7) is 5.64. The summed E-state index contributed by atoms with van der Waals surface area (Å²) in [7, 11) is 0. The van der Waals surface area contributed by atoms with Crippen molar-refractivity contribution in [3.63, 3.8) is 0 Å². The van der Waals surface area contributed by atoms with E-state index in [2.05, 4.69) is 15.3 Å². The summed E-state index contributed by atoms with van der Waals surface area (Å²) in [6.07, 6.45) is 4.17. The van der Waals surface area contributed by atoms with Crippen molar-refractivity contribution in [3.05, 3.63) is 47.2 Å². The molecule has 4 rings (SSSR count).